The second-order valence-electron chi connectivity index (χ2n) is 13.7. The highest BCUT2D eigenvalue weighted by Gasteiger charge is 2.40. The smallest absolute Gasteiger partial charge is 0.320 e. The third-order valence-electron chi connectivity index (χ3n) is 9.10. The van der Waals surface area contributed by atoms with Crippen LogP contribution in [0.2, 0.25) is 18.1 Å². The molecule has 0 radical (unpaired) electrons. The molecule has 264 valence electrons. The molecule has 1 aliphatic rings. The van der Waals surface area contributed by atoms with E-state index >= 15 is 0 Å². The van der Waals surface area contributed by atoms with Crippen molar-refractivity contribution in [3.05, 3.63) is 71.0 Å². The van der Waals surface area contributed by atoms with Crippen LogP contribution in [0.25, 0.3) is 5.69 Å². The lowest BCUT2D eigenvalue weighted by Gasteiger charge is -2.39. The van der Waals surface area contributed by atoms with Crippen molar-refractivity contribution < 1.29 is 36.6 Å². The van der Waals surface area contributed by atoms with E-state index in [1.807, 2.05) is 35.2 Å². The van der Waals surface area contributed by atoms with Gasteiger partial charge in [0.25, 0.3) is 0 Å². The highest BCUT2D eigenvalue weighted by molar-refractivity contribution is 6.74. The van der Waals surface area contributed by atoms with Gasteiger partial charge in [-0.15, -0.1) is 5.10 Å². The number of likely N-dealkylation sites (tertiary alicyclic amines) is 1. The first-order chi connectivity index (χ1) is 22.6. The summed E-state index contributed by atoms with van der Waals surface area (Å²) in [5, 5.41) is 10.6. The maximum atomic E-state index is 14.2. The second kappa shape index (κ2) is 15.9. The topological polar surface area (TPSA) is 99.1 Å². The number of para-hydroxylation sites is 1. The molecular formula is C34H48F3N5O5Si. The van der Waals surface area contributed by atoms with Gasteiger partial charge in [-0.05, 0) is 54.9 Å². The van der Waals surface area contributed by atoms with Gasteiger partial charge in [-0.2, -0.15) is 0 Å². The molecule has 2 N–H and O–H groups in total. The van der Waals surface area contributed by atoms with Gasteiger partial charge in [-0.25, -0.2) is 22.6 Å². The van der Waals surface area contributed by atoms with E-state index in [1.165, 1.54) is 0 Å². The Kier molecular flexibility index (Phi) is 12.3. The van der Waals surface area contributed by atoms with Crippen LogP contribution in [0.4, 0.5) is 23.8 Å². The van der Waals surface area contributed by atoms with Gasteiger partial charge in [0.05, 0.1) is 30.5 Å². The molecule has 3 aromatic rings. The fraction of sp³-hybridized carbons (Fsp3) is 0.529. The van der Waals surface area contributed by atoms with Crippen LogP contribution in [0.15, 0.2) is 42.5 Å². The molecule has 1 aromatic heterocycles. The number of methoxy groups -OCH3 is 2. The zero-order valence-corrected chi connectivity index (χ0v) is 30.0. The van der Waals surface area contributed by atoms with Crippen molar-refractivity contribution in [2.75, 3.05) is 59.0 Å². The molecule has 4 rings (SSSR count). The predicted molar refractivity (Wildman–Crippen MR) is 181 cm³/mol. The summed E-state index contributed by atoms with van der Waals surface area (Å²) in [4.78, 5) is 15.6. The average molecular weight is 692 g/mol. The van der Waals surface area contributed by atoms with E-state index in [0.717, 1.165) is 12.1 Å². The third kappa shape index (κ3) is 8.97. The van der Waals surface area contributed by atoms with E-state index in [4.69, 9.17) is 23.7 Å². The van der Waals surface area contributed by atoms with Crippen molar-refractivity contribution in [2.24, 2.45) is 0 Å². The van der Waals surface area contributed by atoms with Gasteiger partial charge in [-0.1, -0.05) is 39.0 Å². The number of urea groups is 1. The minimum Gasteiger partial charge on any atom is -0.474 e. The molecule has 3 atom stereocenters. The number of carbonyl (C=O) groups excluding carboxylic acids is 1. The molecule has 2 unspecified atom stereocenters. The maximum absolute atomic E-state index is 14.2. The molecule has 0 spiro atoms. The predicted octanol–water partition coefficient (Wildman–Crippen LogP) is 6.25. The monoisotopic (exact) mass is 691 g/mol. The Labute approximate surface area is 282 Å². The highest BCUT2D eigenvalue weighted by atomic mass is 28.4. The number of benzene rings is 2. The van der Waals surface area contributed by atoms with E-state index in [2.05, 4.69) is 44.5 Å². The van der Waals surface area contributed by atoms with Crippen LogP contribution in [0.5, 0.6) is 5.88 Å². The molecule has 0 saturated carbocycles. The third-order valence-corrected chi connectivity index (χ3v) is 13.6. The van der Waals surface area contributed by atoms with Crippen molar-refractivity contribution in [1.82, 2.24) is 20.0 Å². The number of hydrogen-bond donors (Lipinski definition) is 2. The first-order valence-corrected chi connectivity index (χ1v) is 18.9. The van der Waals surface area contributed by atoms with Crippen LogP contribution in [0.1, 0.15) is 37.8 Å². The van der Waals surface area contributed by atoms with E-state index < -0.39 is 43.8 Å². The lowest BCUT2D eigenvalue weighted by Crippen LogP contribution is -2.46. The molecule has 1 fully saturated rings. The Balaban J connectivity index is 1.57. The molecule has 0 aliphatic carbocycles. The van der Waals surface area contributed by atoms with Crippen LogP contribution in [0, 0.1) is 24.4 Å². The first kappa shape index (κ1) is 37.4. The number of carbonyl (C=O) groups is 1. The van der Waals surface area contributed by atoms with Gasteiger partial charge in [0, 0.05) is 39.8 Å². The zero-order valence-electron chi connectivity index (χ0n) is 29.0. The van der Waals surface area contributed by atoms with E-state index in [1.54, 1.807) is 25.8 Å². The van der Waals surface area contributed by atoms with Gasteiger partial charge < -0.3 is 24.0 Å². The minimum absolute atomic E-state index is 0.00753. The Morgan fingerprint density at radius 3 is 2.31 bits per heavy atom. The highest BCUT2D eigenvalue weighted by Crippen LogP contribution is 2.38. The normalized spacial score (nSPS) is 17.8. The Morgan fingerprint density at radius 1 is 1.04 bits per heavy atom. The molecule has 1 saturated heterocycles. The number of nitrogens with zero attached hydrogens (tertiary/aromatic N) is 3. The molecule has 1 aliphatic heterocycles. The number of nitrogens with one attached hydrogen (secondary N) is 2. The molecule has 2 aromatic carbocycles. The number of amides is 2. The van der Waals surface area contributed by atoms with E-state index in [9.17, 15) is 18.0 Å². The lowest BCUT2D eigenvalue weighted by atomic mass is 9.94. The quantitative estimate of drug-likeness (QED) is 0.152. The van der Waals surface area contributed by atoms with Crippen LogP contribution >= 0.6 is 0 Å². The molecule has 0 bridgehead atoms. The number of halogens is 3. The summed E-state index contributed by atoms with van der Waals surface area (Å²) in [6, 6.07) is 10.2. The number of ether oxygens (including phenoxy) is 3. The van der Waals surface area contributed by atoms with Crippen molar-refractivity contribution in [1.29, 1.82) is 0 Å². The average Bonchev–Trinajstić information content (AvgIpc) is 3.57. The first-order valence-electron chi connectivity index (χ1n) is 16.0. The zero-order chi connectivity index (χ0) is 35.2. The van der Waals surface area contributed by atoms with Crippen molar-refractivity contribution in [2.45, 2.75) is 63.9 Å². The summed E-state index contributed by atoms with van der Waals surface area (Å²) in [5.41, 5.74) is 1.53. The van der Waals surface area contributed by atoms with E-state index in [-0.39, 0.29) is 23.3 Å². The van der Waals surface area contributed by atoms with Gasteiger partial charge in [0.15, 0.2) is 25.8 Å². The fourth-order valence-corrected chi connectivity index (χ4v) is 6.78. The number of aromatic nitrogens is 2. The SMILES string of the molecule is COCCN1CC(NC(=O)Nc2c(C)c(OC[C@@H](COC)O[Si](C)(C)C(C)(C)C)nn2-c2ccccc2)C(c2cc(F)c(F)c(F)c2)C1. The number of rotatable bonds is 14. The van der Waals surface area contributed by atoms with Gasteiger partial charge in [0.1, 0.15) is 18.5 Å². The largest absolute Gasteiger partial charge is 0.474 e. The van der Waals surface area contributed by atoms with Crippen molar-refractivity contribution in [3.8, 4) is 11.6 Å². The second-order valence-corrected chi connectivity index (χ2v) is 18.4. The van der Waals surface area contributed by atoms with Crippen LogP contribution in [-0.4, -0.2) is 94.8 Å². The van der Waals surface area contributed by atoms with Gasteiger partial charge in [-0.3, -0.25) is 10.2 Å². The van der Waals surface area contributed by atoms with Gasteiger partial charge in [0.2, 0.25) is 5.88 Å². The summed E-state index contributed by atoms with van der Waals surface area (Å²) in [6.07, 6.45) is -0.335. The molecule has 48 heavy (non-hydrogen) atoms. The molecule has 14 heteroatoms. The summed E-state index contributed by atoms with van der Waals surface area (Å²) in [5.74, 6) is -3.89. The summed E-state index contributed by atoms with van der Waals surface area (Å²) in [7, 11) is 1.07. The lowest BCUT2D eigenvalue weighted by molar-refractivity contribution is 0.0384. The minimum atomic E-state index is -2.13. The van der Waals surface area contributed by atoms with Gasteiger partial charge >= 0.3 is 6.03 Å². The number of anilines is 1. The van der Waals surface area contributed by atoms with E-state index in [0.29, 0.717) is 55.8 Å². The number of hydrogen-bond acceptors (Lipinski definition) is 7. The fourth-order valence-electron chi connectivity index (χ4n) is 5.46. The Hall–Kier alpha value is -3.43. The van der Waals surface area contributed by atoms with Crippen LogP contribution in [0.3, 0.4) is 0 Å². The summed E-state index contributed by atoms with van der Waals surface area (Å²) < 4.78 is 67.3. The molecule has 2 heterocycles. The maximum Gasteiger partial charge on any atom is 0.320 e. The summed E-state index contributed by atoms with van der Waals surface area (Å²) in [6.45, 7) is 14.9. The Bertz CT molecular complexity index is 1510. The van der Waals surface area contributed by atoms with Crippen molar-refractivity contribution >= 4 is 20.2 Å². The molecule has 10 nitrogen and oxygen atoms in total. The van der Waals surface area contributed by atoms with Crippen LogP contribution in [-0.2, 0) is 13.9 Å². The molecular weight excluding hydrogens is 643 g/mol. The molecule has 2 amide bonds. The summed E-state index contributed by atoms with van der Waals surface area (Å²) >= 11 is 0. The van der Waals surface area contributed by atoms with Crippen molar-refractivity contribution in [3.63, 3.8) is 0 Å². The van der Waals surface area contributed by atoms with Crippen LogP contribution < -0.4 is 15.4 Å². The standard InChI is InChI=1S/C34H48F3N5O5Si/c1-22-31(39-33(43)38-29-19-41(14-15-44-5)18-26(29)23-16-27(35)30(37)28(36)17-23)42(24-12-10-9-11-13-24)40-32(22)46-21-25(20-45-6)47-48(7,8)34(2,3)4/h9-13,16-17,25-26,29H,14-15,18-21H2,1-8H3,(H2,38,39,43)/t25-,26?,29?/m1/s1. The Morgan fingerprint density at radius 2 is 1.71 bits per heavy atom.